The van der Waals surface area contributed by atoms with E-state index in [0.29, 0.717) is 22.5 Å². The average Bonchev–Trinajstić information content (AvgIpc) is 3.15. The second-order valence-corrected chi connectivity index (χ2v) is 7.75. The molecule has 7 heteroatoms. The molecule has 0 saturated carbocycles. The Labute approximate surface area is 168 Å². The van der Waals surface area contributed by atoms with E-state index < -0.39 is 0 Å². The van der Waals surface area contributed by atoms with Crippen LogP contribution in [0.15, 0.2) is 53.1 Å². The first-order chi connectivity index (χ1) is 13.3. The maximum atomic E-state index is 12.0. The molecule has 0 spiro atoms. The van der Waals surface area contributed by atoms with Crippen molar-refractivity contribution < 1.29 is 14.1 Å². The molecule has 0 bridgehead atoms. The van der Waals surface area contributed by atoms with Gasteiger partial charge in [0.1, 0.15) is 5.75 Å². The zero-order valence-electron chi connectivity index (χ0n) is 16.0. The quantitative estimate of drug-likeness (QED) is 0.665. The lowest BCUT2D eigenvalue weighted by Crippen LogP contribution is -2.29. The number of halogens is 1. The van der Waals surface area contributed by atoms with Crippen molar-refractivity contribution in [2.45, 2.75) is 32.7 Å². The Morgan fingerprint density at radius 3 is 2.54 bits per heavy atom. The zero-order chi connectivity index (χ0) is 20.1. The SMILES string of the molecule is CC(C)(C)c1nc(CNC(=O)COc2ccc(-c3ccccc3)cc2Cl)no1. The van der Waals surface area contributed by atoms with E-state index in [1.54, 1.807) is 6.07 Å². The van der Waals surface area contributed by atoms with E-state index in [9.17, 15) is 4.79 Å². The Hall–Kier alpha value is -2.86. The summed E-state index contributed by atoms with van der Waals surface area (Å²) in [7, 11) is 0. The van der Waals surface area contributed by atoms with Crippen LogP contribution in [0.2, 0.25) is 5.02 Å². The van der Waals surface area contributed by atoms with Crippen LogP contribution in [0, 0.1) is 0 Å². The fourth-order valence-electron chi connectivity index (χ4n) is 2.43. The molecule has 2 aromatic carbocycles. The van der Waals surface area contributed by atoms with Crippen LogP contribution in [0.1, 0.15) is 32.5 Å². The molecule has 3 aromatic rings. The summed E-state index contributed by atoms with van der Waals surface area (Å²) in [6.45, 7) is 5.94. The van der Waals surface area contributed by atoms with Gasteiger partial charge in [-0.3, -0.25) is 4.79 Å². The molecule has 6 nitrogen and oxygen atoms in total. The highest BCUT2D eigenvalue weighted by molar-refractivity contribution is 6.32. The van der Waals surface area contributed by atoms with Gasteiger partial charge >= 0.3 is 0 Å². The number of amides is 1. The van der Waals surface area contributed by atoms with Crippen molar-refractivity contribution in [3.8, 4) is 16.9 Å². The molecular formula is C21H22ClN3O3. The van der Waals surface area contributed by atoms with Crippen LogP contribution in [0.3, 0.4) is 0 Å². The minimum absolute atomic E-state index is 0.158. The third-order valence-corrected chi connectivity index (χ3v) is 4.25. The van der Waals surface area contributed by atoms with Crippen LogP contribution in [0.4, 0.5) is 0 Å². The van der Waals surface area contributed by atoms with Crippen molar-refractivity contribution in [3.63, 3.8) is 0 Å². The monoisotopic (exact) mass is 399 g/mol. The fraction of sp³-hybridized carbons (Fsp3) is 0.286. The standard InChI is InChI=1S/C21H22ClN3O3/c1-21(2,3)20-24-18(25-28-20)12-23-19(26)13-27-17-10-9-15(11-16(17)22)14-7-5-4-6-8-14/h4-11H,12-13H2,1-3H3,(H,23,26). The molecule has 0 fully saturated rings. The summed E-state index contributed by atoms with van der Waals surface area (Å²) < 4.78 is 10.7. The number of carbonyl (C=O) groups is 1. The lowest BCUT2D eigenvalue weighted by molar-refractivity contribution is -0.123. The van der Waals surface area contributed by atoms with Gasteiger partial charge in [0.2, 0.25) is 5.89 Å². The third-order valence-electron chi connectivity index (χ3n) is 3.95. The molecule has 1 N–H and O–H groups in total. The molecule has 0 unspecified atom stereocenters. The lowest BCUT2D eigenvalue weighted by atomic mass is 9.97. The van der Waals surface area contributed by atoms with Crippen molar-refractivity contribution in [1.82, 2.24) is 15.5 Å². The molecule has 146 valence electrons. The number of hydrogen-bond acceptors (Lipinski definition) is 5. The van der Waals surface area contributed by atoms with Gasteiger partial charge in [-0.1, -0.05) is 73.9 Å². The Morgan fingerprint density at radius 1 is 1.14 bits per heavy atom. The van der Waals surface area contributed by atoms with Crippen LogP contribution < -0.4 is 10.1 Å². The minimum atomic E-state index is -0.301. The van der Waals surface area contributed by atoms with Gasteiger partial charge in [-0.05, 0) is 23.3 Å². The van der Waals surface area contributed by atoms with Crippen molar-refractivity contribution in [2.75, 3.05) is 6.61 Å². The van der Waals surface area contributed by atoms with Gasteiger partial charge in [-0.15, -0.1) is 0 Å². The van der Waals surface area contributed by atoms with E-state index in [2.05, 4.69) is 15.5 Å². The summed E-state index contributed by atoms with van der Waals surface area (Å²) >= 11 is 6.29. The normalized spacial score (nSPS) is 11.3. The first kappa shape index (κ1) is 19.9. The summed E-state index contributed by atoms with van der Waals surface area (Å²) in [5.41, 5.74) is 1.80. The number of benzene rings is 2. The van der Waals surface area contributed by atoms with E-state index >= 15 is 0 Å². The highest BCUT2D eigenvalue weighted by atomic mass is 35.5. The van der Waals surface area contributed by atoms with E-state index in [1.807, 2.05) is 63.2 Å². The number of nitrogens with one attached hydrogen (secondary N) is 1. The second kappa shape index (κ2) is 8.44. The number of aromatic nitrogens is 2. The van der Waals surface area contributed by atoms with E-state index in [0.717, 1.165) is 11.1 Å². The number of ether oxygens (including phenoxy) is 1. The van der Waals surface area contributed by atoms with E-state index in [-0.39, 0.29) is 24.5 Å². The fourth-order valence-corrected chi connectivity index (χ4v) is 2.67. The first-order valence-corrected chi connectivity index (χ1v) is 9.28. The molecule has 3 rings (SSSR count). The molecule has 0 aliphatic heterocycles. The van der Waals surface area contributed by atoms with Gasteiger partial charge in [-0.25, -0.2) is 0 Å². The molecular weight excluding hydrogens is 378 g/mol. The minimum Gasteiger partial charge on any atom is -0.482 e. The Balaban J connectivity index is 1.52. The van der Waals surface area contributed by atoms with Crippen LogP contribution in [0.5, 0.6) is 5.75 Å². The van der Waals surface area contributed by atoms with Gasteiger partial charge in [0.05, 0.1) is 11.6 Å². The molecule has 28 heavy (non-hydrogen) atoms. The van der Waals surface area contributed by atoms with E-state index in [1.165, 1.54) is 0 Å². The maximum absolute atomic E-state index is 12.0. The molecule has 0 radical (unpaired) electrons. The smallest absolute Gasteiger partial charge is 0.258 e. The largest absolute Gasteiger partial charge is 0.482 e. The molecule has 0 aliphatic carbocycles. The Morgan fingerprint density at radius 2 is 1.89 bits per heavy atom. The number of rotatable bonds is 6. The number of hydrogen-bond donors (Lipinski definition) is 1. The summed E-state index contributed by atoms with van der Waals surface area (Å²) in [5.74, 6) is 1.10. The second-order valence-electron chi connectivity index (χ2n) is 7.34. The van der Waals surface area contributed by atoms with Crippen molar-refractivity contribution in [1.29, 1.82) is 0 Å². The molecule has 1 heterocycles. The average molecular weight is 400 g/mol. The number of carbonyl (C=O) groups excluding carboxylic acids is 1. The highest BCUT2D eigenvalue weighted by Crippen LogP contribution is 2.30. The number of nitrogens with zero attached hydrogens (tertiary/aromatic N) is 2. The molecule has 0 aliphatic rings. The summed E-state index contributed by atoms with van der Waals surface area (Å²) in [4.78, 5) is 16.3. The highest BCUT2D eigenvalue weighted by Gasteiger charge is 2.21. The van der Waals surface area contributed by atoms with Gasteiger partial charge in [-0.2, -0.15) is 4.98 Å². The Kier molecular flexibility index (Phi) is 5.99. The van der Waals surface area contributed by atoms with Gasteiger partial charge < -0.3 is 14.6 Å². The van der Waals surface area contributed by atoms with Crippen LogP contribution in [0.25, 0.3) is 11.1 Å². The van der Waals surface area contributed by atoms with Crippen molar-refractivity contribution >= 4 is 17.5 Å². The third kappa shape index (κ3) is 5.10. The van der Waals surface area contributed by atoms with Crippen molar-refractivity contribution in [2.24, 2.45) is 0 Å². The summed E-state index contributed by atoms with van der Waals surface area (Å²) in [5, 5.41) is 7.01. The van der Waals surface area contributed by atoms with Crippen LogP contribution in [-0.4, -0.2) is 22.7 Å². The predicted octanol–water partition coefficient (Wildman–Crippen LogP) is 4.38. The molecule has 1 amide bonds. The van der Waals surface area contributed by atoms with Gasteiger partial charge in [0, 0.05) is 5.41 Å². The Bertz CT molecular complexity index is 949. The van der Waals surface area contributed by atoms with Crippen molar-refractivity contribution in [3.05, 3.63) is 65.3 Å². The summed E-state index contributed by atoms with van der Waals surface area (Å²) in [6, 6.07) is 15.4. The maximum Gasteiger partial charge on any atom is 0.258 e. The van der Waals surface area contributed by atoms with Gasteiger partial charge in [0.15, 0.2) is 12.4 Å². The topological polar surface area (TPSA) is 77.2 Å². The van der Waals surface area contributed by atoms with E-state index in [4.69, 9.17) is 20.9 Å². The molecule has 0 saturated heterocycles. The molecule has 1 aromatic heterocycles. The first-order valence-electron chi connectivity index (χ1n) is 8.90. The summed E-state index contributed by atoms with van der Waals surface area (Å²) in [6.07, 6.45) is 0. The molecule has 0 atom stereocenters. The van der Waals surface area contributed by atoms with Gasteiger partial charge in [0.25, 0.3) is 5.91 Å². The zero-order valence-corrected chi connectivity index (χ0v) is 16.8. The predicted molar refractivity (Wildman–Crippen MR) is 107 cm³/mol. The van der Waals surface area contributed by atoms with Crippen LogP contribution in [-0.2, 0) is 16.8 Å². The lowest BCUT2D eigenvalue weighted by Gasteiger charge is -2.10. The van der Waals surface area contributed by atoms with Crippen LogP contribution >= 0.6 is 11.6 Å².